The summed E-state index contributed by atoms with van der Waals surface area (Å²) in [5, 5.41) is 2.92. The van der Waals surface area contributed by atoms with Gasteiger partial charge in [0.15, 0.2) is 0 Å². The Morgan fingerprint density at radius 2 is 2.21 bits per heavy atom. The molecule has 0 saturated carbocycles. The van der Waals surface area contributed by atoms with E-state index in [-0.39, 0.29) is 30.7 Å². The molecule has 1 atom stereocenters. The number of nitrogens with two attached hydrogens (primary N) is 1. The molecule has 1 amide bonds. The van der Waals surface area contributed by atoms with Gasteiger partial charge in [-0.3, -0.25) is 4.79 Å². The minimum atomic E-state index is 0. The Balaban J connectivity index is 0. The highest BCUT2D eigenvalue weighted by Crippen LogP contribution is 2.02. The second kappa shape index (κ2) is 11.1. The third-order valence-electron chi connectivity index (χ3n) is 2.69. The third-order valence-corrected chi connectivity index (χ3v) is 2.69. The Morgan fingerprint density at radius 1 is 1.53 bits per heavy atom. The van der Waals surface area contributed by atoms with Crippen LogP contribution in [0.3, 0.4) is 0 Å². The number of nitrogens with one attached hydrogen (secondary N) is 1. The van der Waals surface area contributed by atoms with Crippen molar-refractivity contribution in [3.8, 4) is 0 Å². The van der Waals surface area contributed by atoms with Crippen molar-refractivity contribution in [2.45, 2.75) is 33.2 Å². The SMILES string of the molecule is Cc1nccn1CC(C)CNC(=O)CCCN.Cl.Cl. The van der Waals surface area contributed by atoms with Gasteiger partial charge in [-0.2, -0.15) is 0 Å². The van der Waals surface area contributed by atoms with Crippen molar-refractivity contribution in [1.29, 1.82) is 0 Å². The monoisotopic (exact) mass is 310 g/mol. The molecule has 1 aromatic rings. The van der Waals surface area contributed by atoms with Gasteiger partial charge in [0.05, 0.1) is 0 Å². The van der Waals surface area contributed by atoms with Crippen LogP contribution in [0.2, 0.25) is 0 Å². The number of carbonyl (C=O) groups excluding carboxylic acids is 1. The van der Waals surface area contributed by atoms with Gasteiger partial charge in [-0.15, -0.1) is 24.8 Å². The predicted molar refractivity (Wildman–Crippen MR) is 81.9 cm³/mol. The first-order valence-corrected chi connectivity index (χ1v) is 6.08. The molecule has 19 heavy (non-hydrogen) atoms. The number of hydrogen-bond acceptors (Lipinski definition) is 3. The summed E-state index contributed by atoms with van der Waals surface area (Å²) < 4.78 is 2.09. The fourth-order valence-electron chi connectivity index (χ4n) is 1.64. The van der Waals surface area contributed by atoms with Gasteiger partial charge in [-0.25, -0.2) is 4.98 Å². The fourth-order valence-corrected chi connectivity index (χ4v) is 1.64. The van der Waals surface area contributed by atoms with Crippen LogP contribution < -0.4 is 11.1 Å². The van der Waals surface area contributed by atoms with Gasteiger partial charge in [0.25, 0.3) is 0 Å². The van der Waals surface area contributed by atoms with Gasteiger partial charge >= 0.3 is 0 Å². The maximum atomic E-state index is 11.4. The summed E-state index contributed by atoms with van der Waals surface area (Å²) in [5.41, 5.74) is 5.35. The van der Waals surface area contributed by atoms with E-state index in [1.807, 2.05) is 13.1 Å². The quantitative estimate of drug-likeness (QED) is 0.802. The van der Waals surface area contributed by atoms with E-state index in [4.69, 9.17) is 5.73 Å². The zero-order valence-corrected chi connectivity index (χ0v) is 13.1. The summed E-state index contributed by atoms with van der Waals surface area (Å²) >= 11 is 0. The lowest BCUT2D eigenvalue weighted by molar-refractivity contribution is -0.121. The lowest BCUT2D eigenvalue weighted by Gasteiger charge is -2.14. The van der Waals surface area contributed by atoms with Gasteiger partial charge in [0.2, 0.25) is 5.91 Å². The second-order valence-corrected chi connectivity index (χ2v) is 4.43. The molecule has 5 nitrogen and oxygen atoms in total. The summed E-state index contributed by atoms with van der Waals surface area (Å²) in [5.74, 6) is 1.49. The first-order chi connectivity index (χ1) is 8.13. The molecule has 0 aromatic carbocycles. The predicted octanol–water partition coefficient (Wildman–Crippen LogP) is 1.53. The van der Waals surface area contributed by atoms with E-state index in [0.29, 0.717) is 25.4 Å². The highest BCUT2D eigenvalue weighted by Gasteiger charge is 2.07. The fraction of sp³-hybridized carbons (Fsp3) is 0.667. The first kappa shape index (κ1) is 20.5. The molecule has 3 N–H and O–H groups in total. The van der Waals surface area contributed by atoms with Crippen molar-refractivity contribution in [2.75, 3.05) is 13.1 Å². The van der Waals surface area contributed by atoms with Crippen LogP contribution >= 0.6 is 24.8 Å². The van der Waals surface area contributed by atoms with Gasteiger partial charge in [0.1, 0.15) is 5.82 Å². The second-order valence-electron chi connectivity index (χ2n) is 4.43. The number of carbonyl (C=O) groups is 1. The summed E-state index contributed by atoms with van der Waals surface area (Å²) in [4.78, 5) is 15.6. The minimum absolute atomic E-state index is 0. The molecule has 1 aromatic heterocycles. The van der Waals surface area contributed by atoms with E-state index in [2.05, 4.69) is 21.8 Å². The number of imidazole rings is 1. The van der Waals surface area contributed by atoms with Crippen LogP contribution in [0, 0.1) is 12.8 Å². The summed E-state index contributed by atoms with van der Waals surface area (Å²) in [6.45, 7) is 6.23. The van der Waals surface area contributed by atoms with Crippen molar-refractivity contribution < 1.29 is 4.79 Å². The van der Waals surface area contributed by atoms with E-state index in [1.165, 1.54) is 0 Å². The zero-order valence-electron chi connectivity index (χ0n) is 11.5. The highest BCUT2D eigenvalue weighted by molar-refractivity contribution is 5.85. The van der Waals surface area contributed by atoms with Crippen molar-refractivity contribution in [2.24, 2.45) is 11.7 Å². The molecule has 0 aliphatic carbocycles. The largest absolute Gasteiger partial charge is 0.356 e. The first-order valence-electron chi connectivity index (χ1n) is 6.08. The van der Waals surface area contributed by atoms with Crippen molar-refractivity contribution >= 4 is 30.7 Å². The van der Waals surface area contributed by atoms with Crippen LogP contribution in [0.15, 0.2) is 12.4 Å². The Kier molecular flexibility index (Phi) is 12.0. The molecule has 7 heteroatoms. The summed E-state index contributed by atoms with van der Waals surface area (Å²) in [6, 6.07) is 0. The number of aryl methyl sites for hydroxylation is 1. The number of amides is 1. The number of hydrogen-bond donors (Lipinski definition) is 2. The Morgan fingerprint density at radius 3 is 2.74 bits per heavy atom. The van der Waals surface area contributed by atoms with Crippen LogP contribution in [0.5, 0.6) is 0 Å². The van der Waals surface area contributed by atoms with Crippen LogP contribution in [0.4, 0.5) is 0 Å². The maximum Gasteiger partial charge on any atom is 0.220 e. The zero-order chi connectivity index (χ0) is 12.7. The van der Waals surface area contributed by atoms with E-state index in [9.17, 15) is 4.79 Å². The van der Waals surface area contributed by atoms with Crippen LogP contribution in [0.1, 0.15) is 25.6 Å². The van der Waals surface area contributed by atoms with Crippen molar-refractivity contribution in [3.05, 3.63) is 18.2 Å². The van der Waals surface area contributed by atoms with Crippen LogP contribution in [-0.4, -0.2) is 28.5 Å². The van der Waals surface area contributed by atoms with Crippen molar-refractivity contribution in [3.63, 3.8) is 0 Å². The van der Waals surface area contributed by atoms with Crippen LogP contribution in [-0.2, 0) is 11.3 Å². The normalized spacial score (nSPS) is 11.1. The highest BCUT2D eigenvalue weighted by atomic mass is 35.5. The average Bonchev–Trinajstić information content (AvgIpc) is 2.69. The molecule has 0 aliphatic heterocycles. The maximum absolute atomic E-state index is 11.4. The lowest BCUT2D eigenvalue weighted by atomic mass is 10.1. The number of aromatic nitrogens is 2. The molecule has 1 heterocycles. The van der Waals surface area contributed by atoms with Gasteiger partial charge in [-0.1, -0.05) is 6.92 Å². The number of rotatable bonds is 7. The molecule has 112 valence electrons. The number of halogens is 2. The molecule has 1 unspecified atom stereocenters. The van der Waals surface area contributed by atoms with E-state index in [1.54, 1.807) is 6.20 Å². The standard InChI is InChI=1S/C12H22N4O.2ClH/c1-10(8-15-12(17)4-3-5-13)9-16-7-6-14-11(16)2;;/h6-7,10H,3-5,8-9,13H2,1-2H3,(H,15,17);2*1H. The number of nitrogens with zero attached hydrogens (tertiary/aromatic N) is 2. The average molecular weight is 311 g/mol. The molecule has 0 saturated heterocycles. The summed E-state index contributed by atoms with van der Waals surface area (Å²) in [6.07, 6.45) is 5.03. The van der Waals surface area contributed by atoms with E-state index >= 15 is 0 Å². The molecular formula is C12H24Cl2N4O. The minimum Gasteiger partial charge on any atom is -0.356 e. The van der Waals surface area contributed by atoms with E-state index in [0.717, 1.165) is 18.8 Å². The molecular weight excluding hydrogens is 287 g/mol. The van der Waals surface area contributed by atoms with Crippen molar-refractivity contribution in [1.82, 2.24) is 14.9 Å². The Hall–Kier alpha value is -0.780. The van der Waals surface area contributed by atoms with Gasteiger partial charge < -0.3 is 15.6 Å². The molecule has 0 aliphatic rings. The smallest absolute Gasteiger partial charge is 0.220 e. The molecule has 0 bridgehead atoms. The Bertz CT molecular complexity index is 357. The Labute approximate surface area is 127 Å². The topological polar surface area (TPSA) is 72.9 Å². The summed E-state index contributed by atoms with van der Waals surface area (Å²) in [7, 11) is 0. The van der Waals surface area contributed by atoms with Gasteiger partial charge in [0, 0.05) is 31.9 Å². The van der Waals surface area contributed by atoms with Gasteiger partial charge in [-0.05, 0) is 25.8 Å². The molecule has 1 rings (SSSR count). The molecule has 0 radical (unpaired) electrons. The third kappa shape index (κ3) is 8.08. The molecule has 0 spiro atoms. The lowest BCUT2D eigenvalue weighted by Crippen LogP contribution is -2.30. The van der Waals surface area contributed by atoms with Crippen LogP contribution in [0.25, 0.3) is 0 Å². The van der Waals surface area contributed by atoms with E-state index < -0.39 is 0 Å². The molecule has 0 fully saturated rings.